The molecule has 0 bridgehead atoms. The Morgan fingerprint density at radius 1 is 1.22 bits per heavy atom. The minimum absolute atomic E-state index is 0.00684. The Morgan fingerprint density at radius 3 is 2.74 bits per heavy atom. The zero-order valence-electron chi connectivity index (χ0n) is 15.8. The summed E-state index contributed by atoms with van der Waals surface area (Å²) in [5, 5.41) is 3.01. The molecule has 0 spiro atoms. The van der Waals surface area contributed by atoms with Crippen molar-refractivity contribution in [2.75, 3.05) is 20.2 Å². The normalized spacial score (nSPS) is 18.7. The van der Waals surface area contributed by atoms with Crippen molar-refractivity contribution in [3.8, 4) is 5.75 Å². The molecule has 2 aromatic carbocycles. The van der Waals surface area contributed by atoms with Crippen molar-refractivity contribution in [3.05, 3.63) is 59.7 Å². The highest BCUT2D eigenvalue weighted by molar-refractivity contribution is 7.82. The van der Waals surface area contributed by atoms with Crippen LogP contribution in [0.5, 0.6) is 5.75 Å². The maximum absolute atomic E-state index is 12.9. The van der Waals surface area contributed by atoms with E-state index in [0.717, 1.165) is 41.2 Å². The number of carbonyl (C=O) groups is 1. The zero-order valence-corrected chi connectivity index (χ0v) is 16.6. The largest absolute Gasteiger partial charge is 0.496 e. The first-order valence-corrected chi connectivity index (χ1v) is 10.3. The molecule has 2 atom stereocenters. The monoisotopic (exact) mass is 386 g/mol. The number of aryl methyl sites for hydroxylation is 1. The minimum Gasteiger partial charge on any atom is -0.496 e. The predicted molar refractivity (Wildman–Crippen MR) is 107 cm³/mol. The Labute approximate surface area is 163 Å². The lowest BCUT2D eigenvalue weighted by atomic mass is 9.98. The number of hydrogen-bond donors (Lipinski definition) is 1. The maximum Gasteiger partial charge on any atom is 0.224 e. The second kappa shape index (κ2) is 9.15. The van der Waals surface area contributed by atoms with Gasteiger partial charge in [0.25, 0.3) is 0 Å². The Bertz CT molecular complexity index is 825. The molecule has 5 nitrogen and oxygen atoms in total. The average molecular weight is 387 g/mol. The smallest absolute Gasteiger partial charge is 0.224 e. The van der Waals surface area contributed by atoms with Gasteiger partial charge in [0, 0.05) is 25.2 Å². The SMILES string of the molecule is COc1ccccc1CNC(=O)C1CCCN(S(=O)c2ccccc2C)C1. The fraction of sp³-hybridized carbons (Fsp3) is 0.381. The molecule has 0 aromatic heterocycles. The van der Waals surface area contributed by atoms with Gasteiger partial charge in [-0.25, -0.2) is 8.51 Å². The number of ether oxygens (including phenoxy) is 1. The van der Waals surface area contributed by atoms with E-state index in [1.807, 2.05) is 59.8 Å². The summed E-state index contributed by atoms with van der Waals surface area (Å²) in [6.07, 6.45) is 1.68. The van der Waals surface area contributed by atoms with E-state index >= 15 is 0 Å². The second-order valence-electron chi connectivity index (χ2n) is 6.77. The van der Waals surface area contributed by atoms with E-state index in [2.05, 4.69) is 5.32 Å². The summed E-state index contributed by atoms with van der Waals surface area (Å²) < 4.78 is 20.2. The molecule has 1 aliphatic heterocycles. The molecule has 27 heavy (non-hydrogen) atoms. The molecule has 1 amide bonds. The number of para-hydroxylation sites is 1. The predicted octanol–water partition coefficient (Wildman–Crippen LogP) is 3.05. The van der Waals surface area contributed by atoms with Gasteiger partial charge in [0.2, 0.25) is 5.91 Å². The van der Waals surface area contributed by atoms with Gasteiger partial charge in [0.15, 0.2) is 0 Å². The van der Waals surface area contributed by atoms with E-state index in [0.29, 0.717) is 13.1 Å². The molecule has 0 aliphatic carbocycles. The molecular formula is C21H26N2O3S. The molecule has 6 heteroatoms. The summed E-state index contributed by atoms with van der Waals surface area (Å²) in [4.78, 5) is 13.5. The number of piperidine rings is 1. The van der Waals surface area contributed by atoms with Crippen LogP contribution in [-0.2, 0) is 22.3 Å². The fourth-order valence-electron chi connectivity index (χ4n) is 3.37. The number of hydrogen-bond acceptors (Lipinski definition) is 3. The molecule has 0 saturated carbocycles. The van der Waals surface area contributed by atoms with Crippen LogP contribution in [0.3, 0.4) is 0 Å². The quantitative estimate of drug-likeness (QED) is 0.830. The topological polar surface area (TPSA) is 58.6 Å². The van der Waals surface area contributed by atoms with Gasteiger partial charge < -0.3 is 10.1 Å². The van der Waals surface area contributed by atoms with E-state index in [1.54, 1.807) is 7.11 Å². The highest BCUT2D eigenvalue weighted by atomic mass is 32.2. The summed E-state index contributed by atoms with van der Waals surface area (Å²) in [6, 6.07) is 15.4. The summed E-state index contributed by atoms with van der Waals surface area (Å²) in [6.45, 7) is 3.66. The number of benzene rings is 2. The van der Waals surface area contributed by atoms with E-state index in [4.69, 9.17) is 4.74 Å². The fourth-order valence-corrected chi connectivity index (χ4v) is 4.80. The van der Waals surface area contributed by atoms with E-state index in [9.17, 15) is 9.00 Å². The Kier molecular flexibility index (Phi) is 6.63. The highest BCUT2D eigenvalue weighted by Gasteiger charge is 2.29. The van der Waals surface area contributed by atoms with Crippen molar-refractivity contribution in [1.82, 2.24) is 9.62 Å². The Hall–Kier alpha value is -2.18. The molecule has 1 aliphatic rings. The zero-order chi connectivity index (χ0) is 19.2. The van der Waals surface area contributed by atoms with Crippen molar-refractivity contribution in [3.63, 3.8) is 0 Å². The standard InChI is InChI=1S/C21H26N2O3S/c1-16-8-3-6-12-20(16)27(25)23-13-7-10-18(15-23)21(24)22-14-17-9-4-5-11-19(17)26-2/h3-6,8-9,11-12,18H,7,10,13-15H2,1-2H3,(H,22,24). The van der Waals surface area contributed by atoms with Crippen LogP contribution >= 0.6 is 0 Å². The molecule has 1 heterocycles. The average Bonchev–Trinajstić information content (AvgIpc) is 2.72. The van der Waals surface area contributed by atoms with Gasteiger partial charge in [-0.15, -0.1) is 0 Å². The lowest BCUT2D eigenvalue weighted by Gasteiger charge is -2.31. The van der Waals surface area contributed by atoms with Gasteiger partial charge >= 0.3 is 0 Å². The van der Waals surface area contributed by atoms with Crippen molar-refractivity contribution >= 4 is 16.9 Å². The number of nitrogens with one attached hydrogen (secondary N) is 1. The van der Waals surface area contributed by atoms with Crippen LogP contribution in [-0.4, -0.2) is 34.6 Å². The van der Waals surface area contributed by atoms with Gasteiger partial charge in [0.1, 0.15) is 16.7 Å². The molecule has 2 unspecified atom stereocenters. The van der Waals surface area contributed by atoms with Crippen molar-refractivity contribution < 1.29 is 13.7 Å². The molecule has 144 valence electrons. The summed E-state index contributed by atoms with van der Waals surface area (Å²) in [5.41, 5.74) is 1.96. The van der Waals surface area contributed by atoms with Gasteiger partial charge in [0.05, 0.1) is 17.9 Å². The first-order valence-electron chi connectivity index (χ1n) is 9.22. The van der Waals surface area contributed by atoms with Crippen LogP contribution in [0.25, 0.3) is 0 Å². The number of carbonyl (C=O) groups excluding carboxylic acids is 1. The number of amides is 1. The Balaban J connectivity index is 1.61. The van der Waals surface area contributed by atoms with Gasteiger partial charge in [-0.2, -0.15) is 0 Å². The molecule has 2 aromatic rings. The number of rotatable bonds is 6. The van der Waals surface area contributed by atoms with Crippen LogP contribution in [0.15, 0.2) is 53.4 Å². The van der Waals surface area contributed by atoms with Gasteiger partial charge in [-0.1, -0.05) is 36.4 Å². The van der Waals surface area contributed by atoms with Gasteiger partial charge in [-0.05, 0) is 37.5 Å². The van der Waals surface area contributed by atoms with Crippen LogP contribution in [0, 0.1) is 12.8 Å². The van der Waals surface area contributed by atoms with Crippen molar-refractivity contribution in [2.45, 2.75) is 31.2 Å². The lowest BCUT2D eigenvalue weighted by molar-refractivity contribution is -0.126. The molecule has 3 rings (SSSR count). The summed E-state index contributed by atoms with van der Waals surface area (Å²) in [5.74, 6) is 0.623. The van der Waals surface area contributed by atoms with Crippen LogP contribution < -0.4 is 10.1 Å². The van der Waals surface area contributed by atoms with Gasteiger partial charge in [-0.3, -0.25) is 4.79 Å². The maximum atomic E-state index is 12.9. The van der Waals surface area contributed by atoms with E-state index < -0.39 is 11.0 Å². The molecular weight excluding hydrogens is 360 g/mol. The second-order valence-corrected chi connectivity index (χ2v) is 8.23. The van der Waals surface area contributed by atoms with Crippen molar-refractivity contribution in [2.24, 2.45) is 5.92 Å². The van der Waals surface area contributed by atoms with Crippen molar-refractivity contribution in [1.29, 1.82) is 0 Å². The van der Waals surface area contributed by atoms with E-state index in [1.165, 1.54) is 0 Å². The summed E-state index contributed by atoms with van der Waals surface area (Å²) in [7, 11) is 0.395. The van der Waals surface area contributed by atoms with Crippen LogP contribution in [0.4, 0.5) is 0 Å². The third-order valence-corrected chi connectivity index (χ3v) is 6.55. The van der Waals surface area contributed by atoms with Crippen LogP contribution in [0.1, 0.15) is 24.0 Å². The molecule has 1 fully saturated rings. The molecule has 1 saturated heterocycles. The minimum atomic E-state index is -1.23. The van der Waals surface area contributed by atoms with E-state index in [-0.39, 0.29) is 11.8 Å². The lowest BCUT2D eigenvalue weighted by Crippen LogP contribution is -2.43. The first-order chi connectivity index (χ1) is 13.1. The molecule has 1 N–H and O–H groups in total. The third kappa shape index (κ3) is 4.76. The molecule has 0 radical (unpaired) electrons. The summed E-state index contributed by atoms with van der Waals surface area (Å²) >= 11 is 0. The first kappa shape index (κ1) is 19.6. The third-order valence-electron chi connectivity index (χ3n) is 4.92. The number of nitrogens with zero attached hydrogens (tertiary/aromatic N) is 1. The van der Waals surface area contributed by atoms with Crippen LogP contribution in [0.2, 0.25) is 0 Å². The Morgan fingerprint density at radius 2 is 1.96 bits per heavy atom. The number of methoxy groups -OCH3 is 1. The highest BCUT2D eigenvalue weighted by Crippen LogP contribution is 2.23.